The Hall–Kier alpha value is 3.69. The quantitative estimate of drug-likeness (QED) is 0.404. The highest BCUT2D eigenvalue weighted by molar-refractivity contribution is 7.81. The Kier molecular flexibility index (Phi) is 5.71. The van der Waals surface area contributed by atoms with Crippen LogP contribution in [0.25, 0.3) is 0 Å². The van der Waals surface area contributed by atoms with Crippen molar-refractivity contribution in [1.82, 2.24) is 7.79 Å². The van der Waals surface area contributed by atoms with Crippen molar-refractivity contribution in [2.75, 3.05) is 0 Å². The molecular formula is Cl10N2Si4. The van der Waals surface area contributed by atoms with E-state index in [4.69, 9.17) is 111 Å². The van der Waals surface area contributed by atoms with Gasteiger partial charge in [-0.05, 0) is 0 Å². The third-order valence-corrected chi connectivity index (χ3v) is 35.5. The summed E-state index contributed by atoms with van der Waals surface area (Å²) < 4.78 is 2.33. The fourth-order valence-corrected chi connectivity index (χ4v) is 56.1. The first-order valence-electron chi connectivity index (χ1n) is 3.23. The van der Waals surface area contributed by atoms with E-state index in [1.54, 1.807) is 0 Å². The van der Waals surface area contributed by atoms with E-state index in [0.29, 0.717) is 0 Å². The second-order valence-corrected chi connectivity index (χ2v) is 32.7. The van der Waals surface area contributed by atoms with Crippen LogP contribution >= 0.6 is 111 Å². The maximum atomic E-state index is 6.08. The monoisotopic (exact) mass is 490 g/mol. The van der Waals surface area contributed by atoms with Crippen molar-refractivity contribution < 1.29 is 0 Å². The van der Waals surface area contributed by atoms with Crippen LogP contribution in [0.4, 0.5) is 0 Å². The maximum absolute atomic E-state index is 6.08. The third-order valence-electron chi connectivity index (χ3n) is 1.58. The number of rotatable bonds is 2. The summed E-state index contributed by atoms with van der Waals surface area (Å²) in [7, 11) is -6.75. The van der Waals surface area contributed by atoms with Gasteiger partial charge in [-0.1, -0.05) is 0 Å². The van der Waals surface area contributed by atoms with Gasteiger partial charge in [0.05, 0.1) is 0 Å². The van der Waals surface area contributed by atoms with E-state index >= 15 is 0 Å². The third kappa shape index (κ3) is 3.13. The van der Waals surface area contributed by atoms with Crippen LogP contribution in [0.2, 0.25) is 0 Å². The zero-order valence-electron chi connectivity index (χ0n) is 6.67. The molecule has 0 saturated carbocycles. The van der Waals surface area contributed by atoms with E-state index in [0.717, 1.165) is 0 Å². The van der Waals surface area contributed by atoms with E-state index in [1.807, 2.05) is 0 Å². The average Bonchev–Trinajstić information content (AvgIpc) is 1.69. The molecule has 0 radical (unpaired) electrons. The number of hydrogen-bond donors (Lipinski definition) is 0. The van der Waals surface area contributed by atoms with E-state index in [1.165, 1.54) is 7.79 Å². The summed E-state index contributed by atoms with van der Waals surface area (Å²) in [5.41, 5.74) is 0. The number of halogens is 10. The number of hydrogen-bond acceptors (Lipinski definition) is 2. The molecule has 96 valence electrons. The lowest BCUT2D eigenvalue weighted by Gasteiger charge is -2.61. The molecule has 0 N–H and O–H groups in total. The fourth-order valence-electron chi connectivity index (χ4n) is 1.09. The zero-order chi connectivity index (χ0) is 13.2. The zero-order valence-corrected chi connectivity index (χ0v) is 18.2. The fraction of sp³-hybridized carbons (Fsp3) is 0. The van der Waals surface area contributed by atoms with Crippen LogP contribution in [0.5, 0.6) is 0 Å². The van der Waals surface area contributed by atoms with Crippen LogP contribution in [-0.4, -0.2) is 34.2 Å². The minimum Gasteiger partial charge on any atom is -0.258 e. The lowest BCUT2D eigenvalue weighted by Crippen LogP contribution is -2.92. The van der Waals surface area contributed by atoms with E-state index in [9.17, 15) is 0 Å². The topological polar surface area (TPSA) is 6.48 Å². The molecule has 2 nitrogen and oxygen atoms in total. The Balaban J connectivity index is 3.15. The van der Waals surface area contributed by atoms with Gasteiger partial charge < -0.3 is 0 Å². The minimum atomic E-state index is -3.41. The SMILES string of the molecule is Cl[Si](Cl)(Cl)N1[Si](Cl)(Cl)N([Si](Cl)(Cl)Cl)[Si]1(Cl)Cl. The molecule has 1 aliphatic rings. The molecule has 0 bridgehead atoms. The predicted octanol–water partition coefficient (Wildman–Crippen LogP) is 4.73. The van der Waals surface area contributed by atoms with Crippen LogP contribution in [0, 0.1) is 0 Å². The molecular weight excluding hydrogens is 495 g/mol. The highest BCUT2D eigenvalue weighted by Crippen LogP contribution is 2.57. The van der Waals surface area contributed by atoms with Crippen LogP contribution in [-0.2, 0) is 0 Å². The summed E-state index contributed by atoms with van der Waals surface area (Å²) in [5.74, 6) is 0. The molecule has 0 amide bonds. The molecule has 0 spiro atoms. The second kappa shape index (κ2) is 5.15. The van der Waals surface area contributed by atoms with Crippen LogP contribution < -0.4 is 0 Å². The molecule has 0 aromatic carbocycles. The van der Waals surface area contributed by atoms with Gasteiger partial charge in [-0.2, -0.15) is 0 Å². The lowest BCUT2D eigenvalue weighted by atomic mass is 13.7. The van der Waals surface area contributed by atoms with Crippen molar-refractivity contribution in [3.05, 3.63) is 0 Å². The minimum absolute atomic E-state index is 1.17. The number of nitrogens with zero attached hydrogens (tertiary/aromatic N) is 2. The Labute approximate surface area is 143 Å². The van der Waals surface area contributed by atoms with Crippen LogP contribution in [0.1, 0.15) is 0 Å². The summed E-state index contributed by atoms with van der Waals surface area (Å²) in [6.07, 6.45) is -6.83. The summed E-state index contributed by atoms with van der Waals surface area (Å²) >= 11 is 59.1. The molecule has 1 aliphatic heterocycles. The van der Waals surface area contributed by atoms with Crippen LogP contribution in [0.3, 0.4) is 0 Å². The van der Waals surface area contributed by atoms with Gasteiger partial charge in [0, 0.05) is 0 Å². The van der Waals surface area contributed by atoms with Crippen molar-refractivity contribution in [3.63, 3.8) is 0 Å². The molecule has 16 heteroatoms. The van der Waals surface area contributed by atoms with E-state index < -0.39 is 26.4 Å². The van der Waals surface area contributed by atoms with E-state index in [-0.39, 0.29) is 0 Å². The van der Waals surface area contributed by atoms with Gasteiger partial charge in [0.2, 0.25) is 0 Å². The first-order chi connectivity index (χ1) is 6.73. The average molecular weight is 495 g/mol. The van der Waals surface area contributed by atoms with Gasteiger partial charge in [0.25, 0.3) is 0 Å². The summed E-state index contributed by atoms with van der Waals surface area (Å²) in [6.45, 7) is 0. The van der Waals surface area contributed by atoms with Crippen LogP contribution in [0.15, 0.2) is 0 Å². The molecule has 0 aliphatic carbocycles. The summed E-state index contributed by atoms with van der Waals surface area (Å²) in [5, 5.41) is 0. The largest absolute Gasteiger partial charge is 0.416 e. The molecule has 0 aromatic heterocycles. The molecule has 1 heterocycles. The molecule has 1 fully saturated rings. The normalized spacial score (nSPS) is 26.6. The highest BCUT2D eigenvalue weighted by atomic mass is 35.8. The Bertz CT molecular complexity index is 246. The van der Waals surface area contributed by atoms with E-state index in [2.05, 4.69) is 0 Å². The molecule has 16 heavy (non-hydrogen) atoms. The molecule has 0 aromatic rings. The summed E-state index contributed by atoms with van der Waals surface area (Å²) in [4.78, 5) is 0. The Morgan fingerprint density at radius 2 is 0.750 bits per heavy atom. The Morgan fingerprint density at radius 3 is 0.875 bits per heavy atom. The van der Waals surface area contributed by atoms with Crippen molar-refractivity contribution >= 4 is 137 Å². The second-order valence-electron chi connectivity index (χ2n) is 2.63. The van der Waals surface area contributed by atoms with Gasteiger partial charge in [-0.3, -0.25) is 7.79 Å². The highest BCUT2D eigenvalue weighted by Gasteiger charge is 2.81. The standard InChI is InChI=1S/Cl10N2Si4/c1-13(2,3)11-15(7,8)12(14(4,5)6)16(11,9)10. The molecule has 1 rings (SSSR count). The van der Waals surface area contributed by atoms with Crippen molar-refractivity contribution in [2.45, 2.75) is 0 Å². The first kappa shape index (κ1) is 17.7. The van der Waals surface area contributed by atoms with Gasteiger partial charge >= 0.3 is 26.4 Å². The maximum Gasteiger partial charge on any atom is 0.416 e. The summed E-state index contributed by atoms with van der Waals surface area (Å²) in [6, 6.07) is 0. The molecule has 0 unspecified atom stereocenters. The Morgan fingerprint density at radius 1 is 0.562 bits per heavy atom. The lowest BCUT2D eigenvalue weighted by molar-refractivity contribution is 0.748. The van der Waals surface area contributed by atoms with Gasteiger partial charge in [-0.25, -0.2) is 0 Å². The van der Waals surface area contributed by atoms with Crippen molar-refractivity contribution in [2.24, 2.45) is 0 Å². The van der Waals surface area contributed by atoms with Crippen molar-refractivity contribution in [3.8, 4) is 0 Å². The first-order valence-corrected chi connectivity index (χ1v) is 21.0. The predicted molar refractivity (Wildman–Crippen MR) is 85.2 cm³/mol. The van der Waals surface area contributed by atoms with Gasteiger partial charge in [0.1, 0.15) is 0 Å². The molecule has 0 atom stereocenters. The molecule has 1 saturated heterocycles. The smallest absolute Gasteiger partial charge is 0.258 e. The van der Waals surface area contributed by atoms with Gasteiger partial charge in [-0.15, -0.1) is 111 Å². The van der Waals surface area contributed by atoms with Gasteiger partial charge in [0.15, 0.2) is 0 Å². The van der Waals surface area contributed by atoms with Crippen molar-refractivity contribution in [1.29, 1.82) is 0 Å².